The molecule has 3 aromatic rings. The maximum Gasteiger partial charge on any atom is 0.252 e. The average Bonchev–Trinajstić information content (AvgIpc) is 3.06. The summed E-state index contributed by atoms with van der Waals surface area (Å²) in [5, 5.41) is 6.85. The number of amides is 1. The van der Waals surface area contributed by atoms with Crippen molar-refractivity contribution in [3.05, 3.63) is 71.6 Å². The highest BCUT2D eigenvalue weighted by atomic mass is 16.5. The summed E-state index contributed by atoms with van der Waals surface area (Å²) in [6, 6.07) is 16.6. The Hall–Kier alpha value is -2.95. The molecule has 1 atom stereocenters. The molecule has 0 saturated carbocycles. The predicted octanol–water partition coefficient (Wildman–Crippen LogP) is 3.54. The van der Waals surface area contributed by atoms with Gasteiger partial charge in [0.15, 0.2) is 0 Å². The van der Waals surface area contributed by atoms with E-state index in [9.17, 15) is 4.79 Å². The highest BCUT2D eigenvalue weighted by Gasteiger charge is 2.18. The van der Waals surface area contributed by atoms with Gasteiger partial charge in [-0.05, 0) is 25.5 Å². The number of nitrogens with one attached hydrogen (secondary N) is 1. The van der Waals surface area contributed by atoms with Crippen LogP contribution in [-0.4, -0.2) is 16.0 Å². The number of aryl methyl sites for hydroxylation is 1. The quantitative estimate of drug-likeness (QED) is 0.800. The summed E-state index contributed by atoms with van der Waals surface area (Å²) >= 11 is 0. The highest BCUT2D eigenvalue weighted by Crippen LogP contribution is 2.18. The predicted molar refractivity (Wildman–Crippen MR) is 86.8 cm³/mol. The number of rotatable bonds is 4. The molecule has 0 aliphatic rings. The zero-order valence-corrected chi connectivity index (χ0v) is 13.0. The molecule has 2 aromatic carbocycles. The van der Waals surface area contributed by atoms with E-state index in [0.717, 1.165) is 11.1 Å². The van der Waals surface area contributed by atoms with Gasteiger partial charge < -0.3 is 9.84 Å². The van der Waals surface area contributed by atoms with Gasteiger partial charge >= 0.3 is 0 Å². The number of carbonyl (C=O) groups excluding carboxylic acids is 1. The van der Waals surface area contributed by atoms with E-state index in [4.69, 9.17) is 4.52 Å². The lowest BCUT2D eigenvalue weighted by Gasteiger charge is -2.11. The maximum absolute atomic E-state index is 12.3. The number of carbonyl (C=O) groups is 1. The van der Waals surface area contributed by atoms with Crippen LogP contribution in [0.3, 0.4) is 0 Å². The minimum absolute atomic E-state index is 0.157. The summed E-state index contributed by atoms with van der Waals surface area (Å²) in [4.78, 5) is 16.7. The highest BCUT2D eigenvalue weighted by molar-refractivity contribution is 5.95. The molecule has 0 aliphatic carbocycles. The van der Waals surface area contributed by atoms with E-state index in [-0.39, 0.29) is 11.9 Å². The van der Waals surface area contributed by atoms with Crippen molar-refractivity contribution in [2.24, 2.45) is 0 Å². The topological polar surface area (TPSA) is 68.0 Å². The zero-order chi connectivity index (χ0) is 16.2. The molecule has 0 aliphatic heterocycles. The molecule has 0 spiro atoms. The SMILES string of the molecule is Cc1ccccc1C(=O)N[C@H](C)c1nc(-c2ccccc2)no1. The number of hydrogen-bond acceptors (Lipinski definition) is 4. The van der Waals surface area contributed by atoms with Crippen molar-refractivity contribution in [3.63, 3.8) is 0 Å². The van der Waals surface area contributed by atoms with Crippen molar-refractivity contribution in [2.75, 3.05) is 0 Å². The van der Waals surface area contributed by atoms with E-state index in [1.165, 1.54) is 0 Å². The average molecular weight is 307 g/mol. The summed E-state index contributed by atoms with van der Waals surface area (Å²) in [5.74, 6) is 0.735. The first-order valence-corrected chi connectivity index (χ1v) is 7.40. The largest absolute Gasteiger partial charge is 0.341 e. The number of nitrogens with zero attached hydrogens (tertiary/aromatic N) is 2. The normalized spacial score (nSPS) is 11.9. The fraction of sp³-hybridized carbons (Fsp3) is 0.167. The Bertz CT molecular complexity index is 812. The van der Waals surface area contributed by atoms with Crippen molar-refractivity contribution in [1.29, 1.82) is 0 Å². The van der Waals surface area contributed by atoms with E-state index < -0.39 is 0 Å². The van der Waals surface area contributed by atoms with Gasteiger partial charge in [-0.15, -0.1) is 0 Å². The Morgan fingerprint density at radius 3 is 2.52 bits per heavy atom. The Labute approximate surface area is 134 Å². The lowest BCUT2D eigenvalue weighted by Crippen LogP contribution is -2.27. The molecule has 23 heavy (non-hydrogen) atoms. The van der Waals surface area contributed by atoms with Crippen molar-refractivity contribution < 1.29 is 9.32 Å². The molecule has 0 fully saturated rings. The monoisotopic (exact) mass is 307 g/mol. The third-order valence-corrected chi connectivity index (χ3v) is 3.58. The van der Waals surface area contributed by atoms with Crippen LogP contribution in [-0.2, 0) is 0 Å². The molecule has 0 radical (unpaired) electrons. The van der Waals surface area contributed by atoms with Crippen LogP contribution in [0.25, 0.3) is 11.4 Å². The fourth-order valence-electron chi connectivity index (χ4n) is 2.28. The fourth-order valence-corrected chi connectivity index (χ4v) is 2.28. The Morgan fingerprint density at radius 2 is 1.78 bits per heavy atom. The van der Waals surface area contributed by atoms with Gasteiger partial charge in [0.2, 0.25) is 11.7 Å². The number of benzene rings is 2. The van der Waals surface area contributed by atoms with Crippen molar-refractivity contribution in [1.82, 2.24) is 15.5 Å². The molecule has 0 bridgehead atoms. The minimum Gasteiger partial charge on any atom is -0.341 e. The van der Waals surface area contributed by atoms with E-state index in [1.807, 2.05) is 62.4 Å². The van der Waals surface area contributed by atoms with Crippen LogP contribution >= 0.6 is 0 Å². The van der Waals surface area contributed by atoms with E-state index in [0.29, 0.717) is 17.3 Å². The number of hydrogen-bond donors (Lipinski definition) is 1. The van der Waals surface area contributed by atoms with Crippen LogP contribution in [0.15, 0.2) is 59.1 Å². The molecule has 1 N–H and O–H groups in total. The number of aromatic nitrogens is 2. The Balaban J connectivity index is 1.74. The summed E-state index contributed by atoms with van der Waals surface area (Å²) in [6.45, 7) is 3.72. The molecule has 0 unspecified atom stereocenters. The first-order valence-electron chi connectivity index (χ1n) is 7.40. The summed E-state index contributed by atoms with van der Waals surface area (Å²) in [7, 11) is 0. The second-order valence-electron chi connectivity index (χ2n) is 5.33. The minimum atomic E-state index is -0.368. The van der Waals surface area contributed by atoms with Crippen LogP contribution < -0.4 is 5.32 Å². The smallest absolute Gasteiger partial charge is 0.252 e. The van der Waals surface area contributed by atoms with Gasteiger partial charge in [-0.2, -0.15) is 4.98 Å². The zero-order valence-electron chi connectivity index (χ0n) is 13.0. The molecule has 116 valence electrons. The molecular formula is C18H17N3O2. The Kier molecular flexibility index (Phi) is 4.19. The molecular weight excluding hydrogens is 290 g/mol. The molecule has 1 amide bonds. The second kappa shape index (κ2) is 6.44. The van der Waals surface area contributed by atoms with Crippen LogP contribution in [0, 0.1) is 6.92 Å². The van der Waals surface area contributed by atoms with Crippen LogP contribution in [0.2, 0.25) is 0 Å². The van der Waals surface area contributed by atoms with Crippen LogP contribution in [0.1, 0.15) is 34.8 Å². The third-order valence-electron chi connectivity index (χ3n) is 3.58. The first-order chi connectivity index (χ1) is 11.1. The lowest BCUT2D eigenvalue weighted by molar-refractivity contribution is 0.0932. The molecule has 5 nitrogen and oxygen atoms in total. The van der Waals surface area contributed by atoms with Crippen LogP contribution in [0.5, 0.6) is 0 Å². The molecule has 3 rings (SSSR count). The van der Waals surface area contributed by atoms with Gasteiger partial charge in [0.25, 0.3) is 5.91 Å². The summed E-state index contributed by atoms with van der Waals surface area (Å²) in [5.41, 5.74) is 2.44. The Morgan fingerprint density at radius 1 is 1.09 bits per heavy atom. The van der Waals surface area contributed by atoms with Gasteiger partial charge in [-0.25, -0.2) is 0 Å². The summed E-state index contributed by atoms with van der Waals surface area (Å²) in [6.07, 6.45) is 0. The van der Waals surface area contributed by atoms with E-state index in [1.54, 1.807) is 6.07 Å². The van der Waals surface area contributed by atoms with Crippen molar-refractivity contribution >= 4 is 5.91 Å². The van der Waals surface area contributed by atoms with E-state index >= 15 is 0 Å². The first kappa shape index (κ1) is 15.0. The van der Waals surface area contributed by atoms with Crippen molar-refractivity contribution in [2.45, 2.75) is 19.9 Å². The van der Waals surface area contributed by atoms with Gasteiger partial charge in [0.1, 0.15) is 6.04 Å². The molecule has 1 heterocycles. The standard InChI is InChI=1S/C18H17N3O2/c1-12-8-6-7-11-15(12)17(22)19-13(2)18-20-16(21-23-18)14-9-4-3-5-10-14/h3-11,13H,1-2H3,(H,19,22)/t13-/m1/s1. The molecule has 1 aromatic heterocycles. The van der Waals surface area contributed by atoms with Gasteiger partial charge in [0.05, 0.1) is 0 Å². The summed E-state index contributed by atoms with van der Waals surface area (Å²) < 4.78 is 5.27. The van der Waals surface area contributed by atoms with Gasteiger partial charge in [-0.1, -0.05) is 53.7 Å². The maximum atomic E-state index is 12.3. The second-order valence-corrected chi connectivity index (χ2v) is 5.33. The molecule has 5 heteroatoms. The lowest BCUT2D eigenvalue weighted by atomic mass is 10.1. The van der Waals surface area contributed by atoms with Gasteiger partial charge in [0, 0.05) is 11.1 Å². The van der Waals surface area contributed by atoms with Crippen LogP contribution in [0.4, 0.5) is 0 Å². The van der Waals surface area contributed by atoms with Gasteiger partial charge in [-0.3, -0.25) is 4.79 Å². The molecule has 0 saturated heterocycles. The third kappa shape index (κ3) is 3.29. The van der Waals surface area contributed by atoms with E-state index in [2.05, 4.69) is 15.5 Å². The van der Waals surface area contributed by atoms with Crippen molar-refractivity contribution in [3.8, 4) is 11.4 Å².